The molecule has 1 heterocycles. The summed E-state index contributed by atoms with van der Waals surface area (Å²) in [5.41, 5.74) is 0.548. The van der Waals surface area contributed by atoms with Crippen LogP contribution >= 0.6 is 11.3 Å². The van der Waals surface area contributed by atoms with Crippen LogP contribution in [-0.2, 0) is 21.7 Å². The van der Waals surface area contributed by atoms with Gasteiger partial charge in [0.05, 0.1) is 0 Å². The maximum absolute atomic E-state index is 2.52. The van der Waals surface area contributed by atoms with E-state index in [1.165, 1.54) is 4.88 Å². The molecule has 148 valence electrons. The molecule has 1 aromatic rings. The first-order valence-electron chi connectivity index (χ1n) is 7.75. The van der Waals surface area contributed by atoms with Gasteiger partial charge in [0.25, 0.3) is 0 Å². The fraction of sp³-hybridized carbons (Fsp3) is 0.684. The van der Waals surface area contributed by atoms with E-state index in [2.05, 4.69) is 85.7 Å². The van der Waals surface area contributed by atoms with Crippen molar-refractivity contribution in [3.63, 3.8) is 0 Å². The minimum Gasteiger partial charge on any atom is -1.00 e. The predicted octanol–water partition coefficient (Wildman–Crippen LogP) is -1.04. The Labute approximate surface area is 187 Å². The van der Waals surface area contributed by atoms with Crippen LogP contribution in [0.15, 0.2) is 17.5 Å². The molecule has 0 aliphatic carbocycles. The van der Waals surface area contributed by atoms with Crippen molar-refractivity contribution in [2.45, 2.75) is 61.3 Å². The summed E-state index contributed by atoms with van der Waals surface area (Å²) >= 11 is 1.90. The monoisotopic (exact) mass is 446 g/mol. The van der Waals surface area contributed by atoms with Crippen molar-refractivity contribution in [3.8, 4) is 0 Å². The molecule has 25 heavy (non-hydrogen) atoms. The molecule has 1 aromatic heterocycles. The molecule has 0 radical (unpaired) electrons. The Hall–Kier alpha value is 0.914. The number of rotatable bonds is 5. The van der Waals surface area contributed by atoms with Crippen LogP contribution in [0.1, 0.15) is 66.2 Å². The van der Waals surface area contributed by atoms with E-state index in [0.29, 0.717) is 17.8 Å². The molecule has 2 atom stereocenters. The molecule has 0 amide bonds. The number of hydrogen-bond acceptors (Lipinski definition) is 1. The van der Waals surface area contributed by atoms with Gasteiger partial charge in [0, 0.05) is 4.88 Å². The fourth-order valence-electron chi connectivity index (χ4n) is 3.26. The van der Waals surface area contributed by atoms with Gasteiger partial charge in [-0.25, -0.2) is 0 Å². The summed E-state index contributed by atoms with van der Waals surface area (Å²) in [6.45, 7) is 18.5. The number of hydrogen-bond donors (Lipinski definition) is 0. The summed E-state index contributed by atoms with van der Waals surface area (Å²) in [6.07, 6.45) is 5.04. The third kappa shape index (κ3) is 14.6. The van der Waals surface area contributed by atoms with E-state index in [4.69, 9.17) is 0 Å². The smallest absolute Gasteiger partial charge is 1.00 e. The first-order valence-corrected chi connectivity index (χ1v) is 8.63. The molecule has 0 saturated heterocycles. The van der Waals surface area contributed by atoms with Gasteiger partial charge in [0.2, 0.25) is 0 Å². The standard InChI is InChI=1S/C19H32S.2ClH.2H2O.Ti/c1-14(12-18(3,4)5)17(16-10-9-11-20-16)15(2)13-19(6,7)8;;;;;/h9-15,17H,1-8H3;2*1H;2*1H2;/q-2;;;;;+4/p-2. The maximum atomic E-state index is 2.52. The van der Waals surface area contributed by atoms with E-state index in [0.717, 1.165) is 0 Å². The van der Waals surface area contributed by atoms with Gasteiger partial charge < -0.3 is 48.6 Å². The van der Waals surface area contributed by atoms with E-state index < -0.39 is 0 Å². The average molecular weight is 447 g/mol. The van der Waals surface area contributed by atoms with Crippen molar-refractivity contribution in [2.75, 3.05) is 0 Å². The summed E-state index contributed by atoms with van der Waals surface area (Å²) in [6, 6.07) is 4.48. The molecule has 0 aromatic carbocycles. The largest absolute Gasteiger partial charge is 4.00 e. The van der Waals surface area contributed by atoms with Crippen molar-refractivity contribution >= 4 is 11.3 Å². The average Bonchev–Trinajstić information content (AvgIpc) is 2.64. The van der Waals surface area contributed by atoms with Crippen LogP contribution in [-0.4, -0.2) is 11.0 Å². The minimum absolute atomic E-state index is 0. The molecule has 6 heteroatoms. The fourth-order valence-corrected chi connectivity index (χ4v) is 4.32. The Bertz CT molecular complexity index is 379. The second kappa shape index (κ2) is 14.9. The summed E-state index contributed by atoms with van der Waals surface area (Å²) in [4.78, 5) is 1.52. The SMILES string of the molecule is CC([CH-]C(C)(C)C)C(c1cccs1)C(C)[CH-]C(C)(C)C.O.O.[Cl-].[Cl-].[Ti+4]. The van der Waals surface area contributed by atoms with Gasteiger partial charge in [-0.3, -0.25) is 0 Å². The van der Waals surface area contributed by atoms with Gasteiger partial charge in [0.1, 0.15) is 0 Å². The molecule has 4 N–H and O–H groups in total. The summed E-state index contributed by atoms with van der Waals surface area (Å²) in [7, 11) is 0. The zero-order chi connectivity index (χ0) is 15.6. The summed E-state index contributed by atoms with van der Waals surface area (Å²) in [5, 5.41) is 2.20. The zero-order valence-corrected chi connectivity index (χ0v) is 20.7. The van der Waals surface area contributed by atoms with Crippen molar-refractivity contribution < 1.29 is 57.5 Å². The second-order valence-electron chi connectivity index (χ2n) is 8.32. The van der Waals surface area contributed by atoms with Gasteiger partial charge in [-0.05, 0) is 11.4 Å². The maximum Gasteiger partial charge on any atom is 4.00 e. The molecule has 0 aliphatic rings. The first kappa shape index (κ1) is 36.8. The van der Waals surface area contributed by atoms with E-state index in [1.54, 1.807) is 0 Å². The molecule has 0 spiro atoms. The molecule has 0 aliphatic heterocycles. The molecular formula is C19H36Cl2O2STi. The van der Waals surface area contributed by atoms with Crippen LogP contribution in [0.2, 0.25) is 0 Å². The minimum atomic E-state index is 0. The zero-order valence-electron chi connectivity index (χ0n) is 16.8. The molecule has 1 rings (SSSR count). The van der Waals surface area contributed by atoms with Gasteiger partial charge in [-0.15, -0.1) is 11.3 Å². The van der Waals surface area contributed by atoms with Crippen LogP contribution < -0.4 is 24.8 Å². The van der Waals surface area contributed by atoms with Crippen molar-refractivity contribution in [1.82, 2.24) is 0 Å². The third-order valence-electron chi connectivity index (χ3n) is 3.53. The Kier molecular flexibility index (Phi) is 21.9. The Morgan fingerprint density at radius 3 is 1.44 bits per heavy atom. The van der Waals surface area contributed by atoms with Gasteiger partial charge in [-0.1, -0.05) is 67.4 Å². The normalized spacial score (nSPS) is 14.2. The third-order valence-corrected chi connectivity index (χ3v) is 4.50. The van der Waals surface area contributed by atoms with Crippen LogP contribution in [0.4, 0.5) is 0 Å². The van der Waals surface area contributed by atoms with Crippen molar-refractivity contribution in [2.24, 2.45) is 22.7 Å². The van der Waals surface area contributed by atoms with Crippen LogP contribution in [0.3, 0.4) is 0 Å². The molecule has 0 saturated carbocycles. The van der Waals surface area contributed by atoms with Crippen LogP contribution in [0, 0.1) is 35.5 Å². The topological polar surface area (TPSA) is 63.0 Å². The number of thiophene rings is 1. The van der Waals surface area contributed by atoms with E-state index in [-0.39, 0.29) is 68.3 Å². The Balaban J connectivity index is -0.000000267. The van der Waals surface area contributed by atoms with Gasteiger partial charge >= 0.3 is 21.7 Å². The van der Waals surface area contributed by atoms with Crippen molar-refractivity contribution in [3.05, 3.63) is 35.2 Å². The number of halogens is 2. The van der Waals surface area contributed by atoms with Gasteiger partial charge in [-0.2, -0.15) is 22.7 Å². The summed E-state index contributed by atoms with van der Waals surface area (Å²) in [5.74, 6) is 1.76. The predicted molar refractivity (Wildman–Crippen MR) is 100 cm³/mol. The molecular weight excluding hydrogens is 411 g/mol. The van der Waals surface area contributed by atoms with Gasteiger partial charge in [0.15, 0.2) is 0 Å². The van der Waals surface area contributed by atoms with Crippen molar-refractivity contribution in [1.29, 1.82) is 0 Å². The van der Waals surface area contributed by atoms with E-state index in [1.807, 2.05) is 11.3 Å². The van der Waals surface area contributed by atoms with Crippen LogP contribution in [0.25, 0.3) is 0 Å². The first-order chi connectivity index (χ1) is 8.99. The molecule has 2 nitrogen and oxygen atoms in total. The summed E-state index contributed by atoms with van der Waals surface area (Å²) < 4.78 is 0. The van der Waals surface area contributed by atoms with Crippen LogP contribution in [0.5, 0.6) is 0 Å². The molecule has 0 bridgehead atoms. The molecule has 0 fully saturated rings. The Morgan fingerprint density at radius 2 is 1.20 bits per heavy atom. The quantitative estimate of drug-likeness (QED) is 0.409. The van der Waals surface area contributed by atoms with E-state index in [9.17, 15) is 0 Å². The van der Waals surface area contributed by atoms with E-state index >= 15 is 0 Å². The second-order valence-corrected chi connectivity index (χ2v) is 9.30. The molecule has 2 unspecified atom stereocenters. The Morgan fingerprint density at radius 1 is 0.840 bits per heavy atom.